The van der Waals surface area contributed by atoms with Gasteiger partial charge in [0.15, 0.2) is 0 Å². The van der Waals surface area contributed by atoms with Crippen LogP contribution in [-0.2, 0) is 32.2 Å². The molecule has 0 bridgehead atoms. The van der Waals surface area contributed by atoms with Crippen LogP contribution in [-0.4, -0.2) is 54.1 Å². The Kier molecular flexibility index (Phi) is 4.99. The van der Waals surface area contributed by atoms with E-state index in [0.717, 1.165) is 11.1 Å². The molecule has 4 rings (SSSR count). The first-order valence-electron chi connectivity index (χ1n) is 9.30. The highest BCUT2D eigenvalue weighted by Gasteiger charge is 2.39. The largest absolute Gasteiger partial charge is 0.444 e. The summed E-state index contributed by atoms with van der Waals surface area (Å²) in [6, 6.07) is 4.75. The Balaban J connectivity index is 1.38. The van der Waals surface area contributed by atoms with Crippen LogP contribution in [0, 0.1) is 0 Å². The first kappa shape index (κ1) is 18.4. The zero-order valence-electron chi connectivity index (χ0n) is 15.2. The third-order valence-electron chi connectivity index (χ3n) is 5.19. The molecule has 1 aromatic rings. The standard InChI is InChI=1S/C19H21N3O6/c23-16-4-3-15(17(24)21-16)22-9-12-2-1-11(7-14(12)18(22)25)8-20-19(26)28-13-5-6-27-10-13/h1-2,7,13,15H,3-6,8-10H2,(H,20,26)(H,21,23,24). The number of hydrogen-bond acceptors (Lipinski definition) is 6. The lowest BCUT2D eigenvalue weighted by Crippen LogP contribution is -2.52. The van der Waals surface area contributed by atoms with Crippen LogP contribution in [0.25, 0.3) is 0 Å². The van der Waals surface area contributed by atoms with Crippen molar-refractivity contribution in [2.45, 2.75) is 44.5 Å². The lowest BCUT2D eigenvalue weighted by molar-refractivity contribution is -0.136. The Morgan fingerprint density at radius 2 is 2.14 bits per heavy atom. The molecule has 3 aliphatic rings. The summed E-state index contributed by atoms with van der Waals surface area (Å²) >= 11 is 0. The number of carbonyl (C=O) groups excluding carboxylic acids is 4. The third-order valence-corrected chi connectivity index (χ3v) is 5.19. The summed E-state index contributed by atoms with van der Waals surface area (Å²) in [5, 5.41) is 4.96. The summed E-state index contributed by atoms with van der Waals surface area (Å²) in [4.78, 5) is 49.5. The van der Waals surface area contributed by atoms with E-state index in [1.54, 1.807) is 6.07 Å². The molecule has 4 amide bonds. The number of hydrogen-bond donors (Lipinski definition) is 2. The van der Waals surface area contributed by atoms with E-state index in [0.29, 0.717) is 38.2 Å². The summed E-state index contributed by atoms with van der Waals surface area (Å²) < 4.78 is 10.4. The minimum atomic E-state index is -0.636. The van der Waals surface area contributed by atoms with Gasteiger partial charge in [0, 0.05) is 31.5 Å². The fourth-order valence-electron chi connectivity index (χ4n) is 3.68. The van der Waals surface area contributed by atoms with Crippen molar-refractivity contribution in [2.24, 2.45) is 0 Å². The van der Waals surface area contributed by atoms with Crippen molar-refractivity contribution >= 4 is 23.8 Å². The Bertz CT molecular complexity index is 833. The number of nitrogens with one attached hydrogen (secondary N) is 2. The molecular formula is C19H21N3O6. The molecule has 1 aromatic carbocycles. The Morgan fingerprint density at radius 1 is 1.29 bits per heavy atom. The molecule has 0 radical (unpaired) electrons. The van der Waals surface area contributed by atoms with Gasteiger partial charge < -0.3 is 19.7 Å². The van der Waals surface area contributed by atoms with Gasteiger partial charge in [0.1, 0.15) is 12.1 Å². The summed E-state index contributed by atoms with van der Waals surface area (Å²) in [7, 11) is 0. The second-order valence-corrected chi connectivity index (χ2v) is 7.14. The summed E-state index contributed by atoms with van der Waals surface area (Å²) in [5.41, 5.74) is 2.10. The lowest BCUT2D eigenvalue weighted by atomic mass is 10.0. The number of benzene rings is 1. The molecule has 0 spiro atoms. The van der Waals surface area contributed by atoms with E-state index in [9.17, 15) is 19.2 Å². The third kappa shape index (κ3) is 3.70. The maximum atomic E-state index is 12.8. The zero-order valence-corrected chi connectivity index (χ0v) is 15.2. The van der Waals surface area contributed by atoms with Crippen LogP contribution in [0.2, 0.25) is 0 Å². The average Bonchev–Trinajstić information content (AvgIpc) is 3.28. The van der Waals surface area contributed by atoms with Gasteiger partial charge in [-0.15, -0.1) is 0 Å². The Labute approximate surface area is 161 Å². The molecule has 9 nitrogen and oxygen atoms in total. The highest BCUT2D eigenvalue weighted by atomic mass is 16.6. The van der Waals surface area contributed by atoms with Crippen molar-refractivity contribution in [1.82, 2.24) is 15.5 Å². The number of ether oxygens (including phenoxy) is 2. The number of fused-ring (bicyclic) bond motifs is 1. The molecule has 148 valence electrons. The van der Waals surface area contributed by atoms with E-state index in [4.69, 9.17) is 9.47 Å². The highest BCUT2D eigenvalue weighted by molar-refractivity contribution is 6.05. The highest BCUT2D eigenvalue weighted by Crippen LogP contribution is 2.28. The summed E-state index contributed by atoms with van der Waals surface area (Å²) in [6.07, 6.45) is 0.503. The predicted molar refractivity (Wildman–Crippen MR) is 95.0 cm³/mol. The van der Waals surface area contributed by atoms with Crippen LogP contribution >= 0.6 is 0 Å². The van der Waals surface area contributed by atoms with Gasteiger partial charge in [-0.05, 0) is 23.6 Å². The molecule has 3 aliphatic heterocycles. The van der Waals surface area contributed by atoms with Crippen LogP contribution in [0.15, 0.2) is 18.2 Å². The topological polar surface area (TPSA) is 114 Å². The molecular weight excluding hydrogens is 366 g/mol. The van der Waals surface area contributed by atoms with Gasteiger partial charge in [-0.1, -0.05) is 12.1 Å². The van der Waals surface area contributed by atoms with Crippen LogP contribution in [0.1, 0.15) is 40.7 Å². The number of nitrogens with zero attached hydrogens (tertiary/aromatic N) is 1. The maximum absolute atomic E-state index is 12.8. The van der Waals surface area contributed by atoms with E-state index < -0.39 is 18.0 Å². The SMILES string of the molecule is O=C1CCC(N2Cc3ccc(CNC(=O)OC4CCOC4)cc3C2=O)C(=O)N1. The minimum absolute atomic E-state index is 0.219. The van der Waals surface area contributed by atoms with Crippen LogP contribution in [0.4, 0.5) is 4.79 Å². The van der Waals surface area contributed by atoms with E-state index >= 15 is 0 Å². The molecule has 3 heterocycles. The van der Waals surface area contributed by atoms with Crippen molar-refractivity contribution < 1.29 is 28.7 Å². The first-order valence-corrected chi connectivity index (χ1v) is 9.30. The van der Waals surface area contributed by atoms with E-state index in [1.165, 1.54) is 4.90 Å². The first-order chi connectivity index (χ1) is 13.5. The Hall–Kier alpha value is -2.94. The second-order valence-electron chi connectivity index (χ2n) is 7.14. The van der Waals surface area contributed by atoms with Crippen LogP contribution < -0.4 is 10.6 Å². The molecule has 28 heavy (non-hydrogen) atoms. The minimum Gasteiger partial charge on any atom is -0.444 e. The molecule has 2 fully saturated rings. The average molecular weight is 387 g/mol. The molecule has 0 aromatic heterocycles. The number of piperidine rings is 1. The second kappa shape index (κ2) is 7.59. The number of amides is 4. The fourth-order valence-corrected chi connectivity index (χ4v) is 3.68. The zero-order chi connectivity index (χ0) is 19.7. The normalized spacial score (nSPS) is 24.1. The monoisotopic (exact) mass is 387 g/mol. The van der Waals surface area contributed by atoms with Crippen molar-refractivity contribution in [2.75, 3.05) is 13.2 Å². The van der Waals surface area contributed by atoms with Gasteiger partial charge >= 0.3 is 6.09 Å². The van der Waals surface area contributed by atoms with Crippen molar-refractivity contribution in [3.63, 3.8) is 0 Å². The van der Waals surface area contributed by atoms with Gasteiger partial charge in [0.2, 0.25) is 11.8 Å². The van der Waals surface area contributed by atoms with Crippen molar-refractivity contribution in [1.29, 1.82) is 0 Å². The van der Waals surface area contributed by atoms with Gasteiger partial charge in [0.05, 0.1) is 13.2 Å². The van der Waals surface area contributed by atoms with E-state index in [2.05, 4.69) is 10.6 Å². The number of alkyl carbamates (subject to hydrolysis) is 1. The van der Waals surface area contributed by atoms with Crippen LogP contribution in [0.3, 0.4) is 0 Å². The summed E-state index contributed by atoms with van der Waals surface area (Å²) in [5.74, 6) is -0.982. The van der Waals surface area contributed by atoms with Gasteiger partial charge in [-0.3, -0.25) is 19.7 Å². The van der Waals surface area contributed by atoms with Gasteiger partial charge in [-0.2, -0.15) is 0 Å². The molecule has 2 N–H and O–H groups in total. The quantitative estimate of drug-likeness (QED) is 0.726. The van der Waals surface area contributed by atoms with E-state index in [1.807, 2.05) is 12.1 Å². The molecule has 9 heteroatoms. The molecule has 0 aliphatic carbocycles. The van der Waals surface area contributed by atoms with E-state index in [-0.39, 0.29) is 30.9 Å². The number of imide groups is 1. The number of rotatable bonds is 4. The molecule has 2 atom stereocenters. The Morgan fingerprint density at radius 3 is 2.89 bits per heavy atom. The molecule has 2 unspecified atom stereocenters. The van der Waals surface area contributed by atoms with Crippen molar-refractivity contribution in [3.8, 4) is 0 Å². The predicted octanol–water partition coefficient (Wildman–Crippen LogP) is 0.463. The van der Waals surface area contributed by atoms with Crippen LogP contribution in [0.5, 0.6) is 0 Å². The molecule has 0 saturated carbocycles. The summed E-state index contributed by atoms with van der Waals surface area (Å²) in [6.45, 7) is 1.56. The number of carbonyl (C=O) groups is 4. The fraction of sp³-hybridized carbons (Fsp3) is 0.474. The lowest BCUT2D eigenvalue weighted by Gasteiger charge is -2.29. The smallest absolute Gasteiger partial charge is 0.407 e. The van der Waals surface area contributed by atoms with Crippen molar-refractivity contribution in [3.05, 3.63) is 34.9 Å². The van der Waals surface area contributed by atoms with Gasteiger partial charge in [-0.25, -0.2) is 4.79 Å². The van der Waals surface area contributed by atoms with Gasteiger partial charge in [0.25, 0.3) is 5.91 Å². The molecule has 2 saturated heterocycles. The maximum Gasteiger partial charge on any atom is 0.407 e.